The summed E-state index contributed by atoms with van der Waals surface area (Å²) in [5.41, 5.74) is 0.769. The zero-order chi connectivity index (χ0) is 25.8. The number of nitrogens with zero attached hydrogens (tertiary/aromatic N) is 1. The van der Waals surface area contributed by atoms with E-state index in [1.165, 1.54) is 0 Å². The third-order valence-corrected chi connectivity index (χ3v) is 5.92. The van der Waals surface area contributed by atoms with Gasteiger partial charge >= 0.3 is 0 Å². The van der Waals surface area contributed by atoms with E-state index in [1.54, 1.807) is 0 Å². The smallest absolute Gasteiger partial charge is 0.252 e. The van der Waals surface area contributed by atoms with Crippen LogP contribution in [-0.2, 0) is 14.3 Å². The Morgan fingerprint density at radius 1 is 1.14 bits per heavy atom. The Balaban J connectivity index is 1.76. The monoisotopic (exact) mass is 494 g/mol. The number of benzene rings is 2. The Morgan fingerprint density at radius 2 is 1.89 bits per heavy atom. The maximum absolute atomic E-state index is 13.5. The number of carbonyl (C=O) groups is 1. The molecule has 0 bridgehead atoms. The molecule has 2 N–H and O–H groups in total. The van der Waals surface area contributed by atoms with Crippen LogP contribution in [0.3, 0.4) is 0 Å². The van der Waals surface area contributed by atoms with Crippen molar-refractivity contribution in [3.63, 3.8) is 0 Å². The SMILES string of the molecule is CC(C)OCCCNC(=O)[C@]1(C/C=C/c2ccccc2)N=C(c2ccc(OCCCO)cc2)O[C@@H]1C. The zero-order valence-electron chi connectivity index (χ0n) is 21.5. The summed E-state index contributed by atoms with van der Waals surface area (Å²) in [5, 5.41) is 12.0. The van der Waals surface area contributed by atoms with Crippen molar-refractivity contribution in [2.24, 2.45) is 4.99 Å². The lowest BCUT2D eigenvalue weighted by atomic mass is 9.89. The molecule has 7 nitrogen and oxygen atoms in total. The highest BCUT2D eigenvalue weighted by atomic mass is 16.5. The molecule has 3 rings (SSSR count). The highest BCUT2D eigenvalue weighted by molar-refractivity contribution is 6.00. The molecule has 1 aliphatic rings. The van der Waals surface area contributed by atoms with E-state index in [9.17, 15) is 4.79 Å². The second kappa shape index (κ2) is 13.8. The van der Waals surface area contributed by atoms with Crippen molar-refractivity contribution in [1.29, 1.82) is 0 Å². The van der Waals surface area contributed by atoms with E-state index in [1.807, 2.05) is 87.5 Å². The minimum absolute atomic E-state index is 0.0915. The highest BCUT2D eigenvalue weighted by Crippen LogP contribution is 2.33. The summed E-state index contributed by atoms with van der Waals surface area (Å²) in [7, 11) is 0. The van der Waals surface area contributed by atoms with Crippen molar-refractivity contribution in [3.05, 3.63) is 71.8 Å². The van der Waals surface area contributed by atoms with Gasteiger partial charge in [-0.2, -0.15) is 0 Å². The number of ether oxygens (including phenoxy) is 3. The summed E-state index contributed by atoms with van der Waals surface area (Å²) in [6.45, 7) is 7.51. The predicted octanol–water partition coefficient (Wildman–Crippen LogP) is 4.39. The number of amides is 1. The fourth-order valence-electron chi connectivity index (χ4n) is 3.87. The Bertz CT molecular complexity index is 1000. The van der Waals surface area contributed by atoms with E-state index in [2.05, 4.69) is 5.32 Å². The van der Waals surface area contributed by atoms with Crippen LogP contribution in [0.1, 0.15) is 51.2 Å². The number of aliphatic imine (C=N–C) groups is 1. The van der Waals surface area contributed by atoms with Crippen LogP contribution >= 0.6 is 0 Å². The van der Waals surface area contributed by atoms with Gasteiger partial charge in [-0.1, -0.05) is 42.5 Å². The van der Waals surface area contributed by atoms with Gasteiger partial charge in [-0.15, -0.1) is 0 Å². The summed E-state index contributed by atoms with van der Waals surface area (Å²) in [6, 6.07) is 17.4. The fraction of sp³-hybridized carbons (Fsp3) is 0.448. The van der Waals surface area contributed by atoms with Crippen LogP contribution in [0.25, 0.3) is 6.08 Å². The van der Waals surface area contributed by atoms with Gasteiger partial charge in [0.15, 0.2) is 5.54 Å². The molecule has 0 saturated heterocycles. The van der Waals surface area contributed by atoms with Gasteiger partial charge in [0.2, 0.25) is 5.90 Å². The molecule has 1 amide bonds. The number of nitrogens with one attached hydrogen (secondary N) is 1. The average molecular weight is 495 g/mol. The van der Waals surface area contributed by atoms with E-state index in [0.717, 1.165) is 17.5 Å². The fourth-order valence-corrected chi connectivity index (χ4v) is 3.87. The molecule has 0 fully saturated rings. The number of aliphatic hydroxyl groups excluding tert-OH is 1. The van der Waals surface area contributed by atoms with Crippen molar-refractivity contribution in [1.82, 2.24) is 5.32 Å². The Morgan fingerprint density at radius 3 is 2.58 bits per heavy atom. The van der Waals surface area contributed by atoms with Gasteiger partial charge in [-0.05, 0) is 57.0 Å². The molecule has 0 aromatic heterocycles. The van der Waals surface area contributed by atoms with Crippen LogP contribution < -0.4 is 10.1 Å². The Kier molecular flexibility index (Phi) is 10.5. The molecular weight excluding hydrogens is 456 g/mol. The Labute approximate surface area is 214 Å². The van der Waals surface area contributed by atoms with Gasteiger partial charge in [-0.25, -0.2) is 4.99 Å². The second-order valence-electron chi connectivity index (χ2n) is 9.10. The lowest BCUT2D eigenvalue weighted by Gasteiger charge is -2.27. The number of hydrogen-bond acceptors (Lipinski definition) is 6. The topological polar surface area (TPSA) is 89.4 Å². The van der Waals surface area contributed by atoms with Crippen LogP contribution in [-0.4, -0.2) is 61.0 Å². The average Bonchev–Trinajstić information content (AvgIpc) is 3.22. The molecule has 2 aromatic carbocycles. The molecule has 7 heteroatoms. The van der Waals surface area contributed by atoms with Gasteiger partial charge < -0.3 is 24.6 Å². The Hall–Kier alpha value is -3.16. The van der Waals surface area contributed by atoms with Crippen LogP contribution in [0.2, 0.25) is 0 Å². The number of aliphatic hydroxyl groups is 1. The third-order valence-electron chi connectivity index (χ3n) is 5.92. The minimum atomic E-state index is -1.07. The van der Waals surface area contributed by atoms with Crippen molar-refractivity contribution in [3.8, 4) is 5.75 Å². The molecule has 0 aliphatic carbocycles. The standard InChI is InChI=1S/C29H38N2O5/c1-22(2)34-20-8-18-30-28(33)29(17-7-12-24-10-5-4-6-11-24)23(3)36-27(31-29)25-13-15-26(16-14-25)35-21-9-19-32/h4-7,10-16,22-23,32H,8-9,17-21H2,1-3H3,(H,30,33)/b12-7+/t23-,29-/m1/s1. The summed E-state index contributed by atoms with van der Waals surface area (Å²) in [4.78, 5) is 18.3. The third kappa shape index (κ3) is 7.67. The summed E-state index contributed by atoms with van der Waals surface area (Å²) < 4.78 is 17.3. The first-order valence-corrected chi connectivity index (χ1v) is 12.7. The number of rotatable bonds is 14. The van der Waals surface area contributed by atoms with E-state index in [4.69, 9.17) is 24.3 Å². The van der Waals surface area contributed by atoms with Gasteiger partial charge in [0, 0.05) is 38.2 Å². The first kappa shape index (κ1) is 27.4. The van der Waals surface area contributed by atoms with Crippen molar-refractivity contribution < 1.29 is 24.1 Å². The molecule has 1 heterocycles. The predicted molar refractivity (Wildman–Crippen MR) is 142 cm³/mol. The second-order valence-corrected chi connectivity index (χ2v) is 9.10. The van der Waals surface area contributed by atoms with Crippen LogP contribution in [0.5, 0.6) is 5.75 Å². The molecule has 2 aromatic rings. The normalized spacial score (nSPS) is 19.4. The molecule has 0 saturated carbocycles. The summed E-state index contributed by atoms with van der Waals surface area (Å²) >= 11 is 0. The number of hydrogen-bond donors (Lipinski definition) is 2. The lowest BCUT2D eigenvalue weighted by Crippen LogP contribution is -2.51. The molecule has 36 heavy (non-hydrogen) atoms. The maximum atomic E-state index is 13.5. The van der Waals surface area contributed by atoms with Gasteiger partial charge in [0.05, 0.1) is 12.7 Å². The van der Waals surface area contributed by atoms with E-state index >= 15 is 0 Å². The van der Waals surface area contributed by atoms with Crippen LogP contribution in [0.15, 0.2) is 65.7 Å². The molecule has 194 valence electrons. The quantitative estimate of drug-likeness (QED) is 0.380. The molecular formula is C29H38N2O5. The molecule has 0 spiro atoms. The lowest BCUT2D eigenvalue weighted by molar-refractivity contribution is -0.128. The van der Waals surface area contributed by atoms with Crippen molar-refractivity contribution in [2.45, 2.75) is 57.8 Å². The van der Waals surface area contributed by atoms with E-state index in [0.29, 0.717) is 44.2 Å². The number of carbonyl (C=O) groups excluding carboxylic acids is 1. The highest BCUT2D eigenvalue weighted by Gasteiger charge is 2.49. The van der Waals surface area contributed by atoms with Crippen molar-refractivity contribution in [2.75, 3.05) is 26.4 Å². The van der Waals surface area contributed by atoms with Crippen molar-refractivity contribution >= 4 is 17.9 Å². The van der Waals surface area contributed by atoms with Crippen LogP contribution in [0.4, 0.5) is 0 Å². The molecule has 1 aliphatic heterocycles. The first-order chi connectivity index (χ1) is 17.4. The van der Waals surface area contributed by atoms with Gasteiger partial charge in [0.25, 0.3) is 5.91 Å². The molecule has 0 radical (unpaired) electrons. The van der Waals surface area contributed by atoms with E-state index in [-0.39, 0.29) is 18.6 Å². The van der Waals surface area contributed by atoms with Gasteiger partial charge in [0.1, 0.15) is 11.9 Å². The van der Waals surface area contributed by atoms with Crippen LogP contribution in [0, 0.1) is 0 Å². The zero-order valence-corrected chi connectivity index (χ0v) is 21.5. The summed E-state index contributed by atoms with van der Waals surface area (Å²) in [6.07, 6.45) is 5.42. The maximum Gasteiger partial charge on any atom is 0.252 e. The molecule has 2 atom stereocenters. The largest absolute Gasteiger partial charge is 0.494 e. The molecule has 0 unspecified atom stereocenters. The van der Waals surface area contributed by atoms with Gasteiger partial charge in [-0.3, -0.25) is 4.79 Å². The minimum Gasteiger partial charge on any atom is -0.494 e. The van der Waals surface area contributed by atoms with E-state index < -0.39 is 11.6 Å². The summed E-state index contributed by atoms with van der Waals surface area (Å²) in [5.74, 6) is 0.990. The first-order valence-electron chi connectivity index (χ1n) is 12.7.